The van der Waals surface area contributed by atoms with E-state index in [1.807, 2.05) is 6.07 Å². The highest BCUT2D eigenvalue weighted by Gasteiger charge is 2.07. The van der Waals surface area contributed by atoms with Gasteiger partial charge >= 0.3 is 0 Å². The molecule has 1 aromatic carbocycles. The molecule has 1 rings (SSSR count). The molecule has 0 spiro atoms. The van der Waals surface area contributed by atoms with Gasteiger partial charge in [-0.1, -0.05) is 0 Å². The van der Waals surface area contributed by atoms with Crippen LogP contribution in [0.5, 0.6) is 0 Å². The summed E-state index contributed by atoms with van der Waals surface area (Å²) >= 11 is 0. The quantitative estimate of drug-likeness (QED) is 0.741. The van der Waals surface area contributed by atoms with Crippen LogP contribution in [0.25, 0.3) is 0 Å². The van der Waals surface area contributed by atoms with Crippen molar-refractivity contribution in [1.82, 2.24) is 0 Å². The number of nitrogens with zero attached hydrogens (tertiary/aromatic N) is 2. The molecule has 0 saturated heterocycles. The van der Waals surface area contributed by atoms with E-state index >= 15 is 0 Å². The Morgan fingerprint density at radius 3 is 2.79 bits per heavy atom. The molecule has 0 amide bonds. The van der Waals surface area contributed by atoms with Crippen molar-refractivity contribution in [2.75, 3.05) is 18.5 Å². The van der Waals surface area contributed by atoms with E-state index in [4.69, 9.17) is 5.26 Å². The zero-order valence-corrected chi connectivity index (χ0v) is 7.80. The van der Waals surface area contributed by atoms with E-state index in [-0.39, 0.29) is 12.1 Å². The summed E-state index contributed by atoms with van der Waals surface area (Å²) in [4.78, 5) is 1.52. The van der Waals surface area contributed by atoms with Gasteiger partial charge in [0, 0.05) is 19.7 Å². The van der Waals surface area contributed by atoms with E-state index in [1.54, 1.807) is 7.05 Å². The molecule has 74 valence electrons. The van der Waals surface area contributed by atoms with Crippen LogP contribution in [0, 0.1) is 23.0 Å². The summed E-state index contributed by atoms with van der Waals surface area (Å²) in [7, 11) is 1.62. The Balaban J connectivity index is 2.83. The molecule has 0 radical (unpaired) electrons. The lowest BCUT2D eigenvalue weighted by Gasteiger charge is -2.18. The smallest absolute Gasteiger partial charge is 0.146 e. The predicted molar refractivity (Wildman–Crippen MR) is 49.9 cm³/mol. The van der Waals surface area contributed by atoms with Crippen molar-refractivity contribution < 1.29 is 8.78 Å². The van der Waals surface area contributed by atoms with Gasteiger partial charge in [-0.15, -0.1) is 0 Å². The van der Waals surface area contributed by atoms with Gasteiger partial charge in [-0.3, -0.25) is 0 Å². The van der Waals surface area contributed by atoms with Gasteiger partial charge in [0.25, 0.3) is 0 Å². The average Bonchev–Trinajstić information content (AvgIpc) is 2.18. The molecule has 2 nitrogen and oxygen atoms in total. The second-order valence-electron chi connectivity index (χ2n) is 2.93. The van der Waals surface area contributed by atoms with Crippen LogP contribution in [0.3, 0.4) is 0 Å². The highest BCUT2D eigenvalue weighted by atomic mass is 19.1. The third-order valence-electron chi connectivity index (χ3n) is 1.88. The first-order valence-corrected chi connectivity index (χ1v) is 4.18. The Morgan fingerprint density at radius 1 is 1.43 bits per heavy atom. The van der Waals surface area contributed by atoms with Crippen molar-refractivity contribution in [2.24, 2.45) is 0 Å². The van der Waals surface area contributed by atoms with Crippen molar-refractivity contribution >= 4 is 5.69 Å². The van der Waals surface area contributed by atoms with E-state index < -0.39 is 11.6 Å². The molecule has 0 atom stereocenters. The van der Waals surface area contributed by atoms with Crippen molar-refractivity contribution in [3.8, 4) is 6.07 Å². The molecule has 0 aromatic heterocycles. The third-order valence-corrected chi connectivity index (χ3v) is 1.88. The van der Waals surface area contributed by atoms with Crippen molar-refractivity contribution in [3.05, 3.63) is 29.8 Å². The van der Waals surface area contributed by atoms with Gasteiger partial charge in [0.1, 0.15) is 11.6 Å². The molecule has 0 unspecified atom stereocenters. The Labute approximate surface area is 81.4 Å². The fourth-order valence-corrected chi connectivity index (χ4v) is 1.12. The van der Waals surface area contributed by atoms with Gasteiger partial charge in [0.2, 0.25) is 0 Å². The number of anilines is 1. The summed E-state index contributed by atoms with van der Waals surface area (Å²) in [5.74, 6) is -0.961. The Hall–Kier alpha value is -1.63. The summed E-state index contributed by atoms with van der Waals surface area (Å²) in [6, 6.07) is 5.21. The van der Waals surface area contributed by atoms with E-state index in [9.17, 15) is 8.78 Å². The molecule has 0 aliphatic rings. The topological polar surface area (TPSA) is 27.0 Å². The lowest BCUT2D eigenvalue weighted by molar-refractivity contribution is 0.596. The fourth-order valence-electron chi connectivity index (χ4n) is 1.12. The number of hydrogen-bond donors (Lipinski definition) is 0. The third kappa shape index (κ3) is 2.43. The lowest BCUT2D eigenvalue weighted by Crippen LogP contribution is -2.19. The zero-order valence-electron chi connectivity index (χ0n) is 7.80. The SMILES string of the molecule is CN(CCC#N)c1cc(F)ccc1F. The second-order valence-corrected chi connectivity index (χ2v) is 2.93. The monoisotopic (exact) mass is 196 g/mol. The summed E-state index contributed by atoms with van der Waals surface area (Å²) in [5, 5.41) is 8.34. The van der Waals surface area contributed by atoms with Crippen molar-refractivity contribution in [3.63, 3.8) is 0 Å². The van der Waals surface area contributed by atoms with Crippen LogP contribution in [0.2, 0.25) is 0 Å². The maximum absolute atomic E-state index is 13.2. The van der Waals surface area contributed by atoms with Crippen LogP contribution < -0.4 is 4.90 Å². The standard InChI is InChI=1S/C10H10F2N2/c1-14(6-2-5-13)10-7-8(11)3-4-9(10)12/h3-4,7H,2,6H2,1H3. The van der Waals surface area contributed by atoms with Crippen LogP contribution in [-0.4, -0.2) is 13.6 Å². The van der Waals surface area contributed by atoms with E-state index in [1.165, 1.54) is 4.90 Å². The summed E-state index contributed by atoms with van der Waals surface area (Å²) in [6.07, 6.45) is 0.284. The average molecular weight is 196 g/mol. The molecular formula is C10H10F2N2. The minimum absolute atomic E-state index is 0.181. The van der Waals surface area contributed by atoms with Gasteiger partial charge in [0.05, 0.1) is 18.2 Å². The Bertz CT molecular complexity index is 358. The molecule has 0 aliphatic carbocycles. The van der Waals surface area contributed by atoms with Gasteiger partial charge < -0.3 is 4.90 Å². The van der Waals surface area contributed by atoms with E-state index in [0.29, 0.717) is 6.54 Å². The number of benzene rings is 1. The Morgan fingerprint density at radius 2 is 2.14 bits per heavy atom. The van der Waals surface area contributed by atoms with Crippen molar-refractivity contribution in [1.29, 1.82) is 5.26 Å². The summed E-state index contributed by atoms with van der Waals surface area (Å²) < 4.78 is 25.9. The van der Waals surface area contributed by atoms with Crippen LogP contribution in [0.4, 0.5) is 14.5 Å². The number of halogens is 2. The van der Waals surface area contributed by atoms with Crippen molar-refractivity contribution in [2.45, 2.75) is 6.42 Å². The molecule has 0 N–H and O–H groups in total. The summed E-state index contributed by atoms with van der Waals surface area (Å²) in [5.41, 5.74) is 0.181. The van der Waals surface area contributed by atoms with Crippen LogP contribution in [0.15, 0.2) is 18.2 Å². The normalized spacial score (nSPS) is 9.57. The largest absolute Gasteiger partial charge is 0.371 e. The minimum atomic E-state index is -0.481. The highest BCUT2D eigenvalue weighted by Crippen LogP contribution is 2.19. The first-order chi connectivity index (χ1) is 6.65. The van der Waals surface area contributed by atoms with Gasteiger partial charge in [-0.2, -0.15) is 5.26 Å². The number of nitriles is 1. The Kier molecular flexibility index (Phi) is 3.41. The molecule has 0 bridgehead atoms. The highest BCUT2D eigenvalue weighted by molar-refractivity contribution is 5.47. The number of rotatable bonds is 3. The maximum Gasteiger partial charge on any atom is 0.146 e. The van der Waals surface area contributed by atoms with Crippen LogP contribution >= 0.6 is 0 Å². The summed E-state index contributed by atoms with van der Waals surface area (Å²) in [6.45, 7) is 0.386. The molecule has 4 heteroatoms. The molecule has 0 fully saturated rings. The second kappa shape index (κ2) is 4.56. The van der Waals surface area contributed by atoms with Crippen LogP contribution in [-0.2, 0) is 0 Å². The van der Waals surface area contributed by atoms with Crippen LogP contribution in [0.1, 0.15) is 6.42 Å². The lowest BCUT2D eigenvalue weighted by atomic mass is 10.2. The zero-order chi connectivity index (χ0) is 10.6. The van der Waals surface area contributed by atoms with Gasteiger partial charge in [0.15, 0.2) is 0 Å². The molecule has 14 heavy (non-hydrogen) atoms. The minimum Gasteiger partial charge on any atom is -0.371 e. The first kappa shape index (κ1) is 10.5. The maximum atomic E-state index is 13.2. The first-order valence-electron chi connectivity index (χ1n) is 4.18. The van der Waals surface area contributed by atoms with E-state index in [2.05, 4.69) is 0 Å². The molecule has 0 saturated carbocycles. The fraction of sp³-hybridized carbons (Fsp3) is 0.300. The molecule has 0 heterocycles. The molecule has 1 aromatic rings. The number of hydrogen-bond acceptors (Lipinski definition) is 2. The van der Waals surface area contributed by atoms with Gasteiger partial charge in [-0.25, -0.2) is 8.78 Å². The van der Waals surface area contributed by atoms with Gasteiger partial charge in [-0.05, 0) is 12.1 Å². The predicted octanol–water partition coefficient (Wildman–Crippen LogP) is 2.31. The molecule has 0 aliphatic heterocycles. The van der Waals surface area contributed by atoms with E-state index in [0.717, 1.165) is 18.2 Å². The molecular weight excluding hydrogens is 186 g/mol.